The first-order chi connectivity index (χ1) is 9.65. The van der Waals surface area contributed by atoms with Gasteiger partial charge in [-0.2, -0.15) is 4.98 Å². The summed E-state index contributed by atoms with van der Waals surface area (Å²) in [5, 5.41) is 4.13. The van der Waals surface area contributed by atoms with E-state index in [2.05, 4.69) is 24.0 Å². The minimum Gasteiger partial charge on any atom is -0.373 e. The van der Waals surface area contributed by atoms with E-state index >= 15 is 0 Å². The molecule has 5 nitrogen and oxygen atoms in total. The lowest BCUT2D eigenvalue weighted by atomic mass is 9.71. The highest BCUT2D eigenvalue weighted by Crippen LogP contribution is 2.40. The molecular formula is C15H27N3O2. The summed E-state index contributed by atoms with van der Waals surface area (Å²) in [6.45, 7) is 4.99. The van der Waals surface area contributed by atoms with Crippen molar-refractivity contribution in [1.29, 1.82) is 0 Å². The van der Waals surface area contributed by atoms with Gasteiger partial charge in [0.1, 0.15) is 6.10 Å². The van der Waals surface area contributed by atoms with Gasteiger partial charge in [-0.05, 0) is 38.0 Å². The zero-order valence-electron chi connectivity index (χ0n) is 12.9. The van der Waals surface area contributed by atoms with Crippen molar-refractivity contribution in [3.8, 4) is 0 Å². The third-order valence-electron chi connectivity index (χ3n) is 4.64. The van der Waals surface area contributed by atoms with Crippen molar-refractivity contribution >= 4 is 0 Å². The summed E-state index contributed by atoms with van der Waals surface area (Å²) in [5.74, 6) is 2.14. The fourth-order valence-electron chi connectivity index (χ4n) is 3.02. The molecule has 1 aliphatic rings. The highest BCUT2D eigenvalue weighted by molar-refractivity contribution is 5.09. The molecule has 0 radical (unpaired) electrons. The molecule has 2 rings (SSSR count). The fraction of sp³-hybridized carbons (Fsp3) is 0.867. The van der Waals surface area contributed by atoms with Gasteiger partial charge in [0.2, 0.25) is 11.7 Å². The molecule has 1 aromatic heterocycles. The zero-order valence-corrected chi connectivity index (χ0v) is 12.9. The van der Waals surface area contributed by atoms with Crippen molar-refractivity contribution in [2.24, 2.45) is 11.7 Å². The molecule has 1 fully saturated rings. The molecule has 1 atom stereocenters. The number of ether oxygens (including phenoxy) is 1. The quantitative estimate of drug-likeness (QED) is 0.867. The van der Waals surface area contributed by atoms with E-state index in [1.54, 1.807) is 7.11 Å². The Morgan fingerprint density at radius 1 is 1.45 bits per heavy atom. The fourth-order valence-corrected chi connectivity index (χ4v) is 3.02. The van der Waals surface area contributed by atoms with Gasteiger partial charge in [0.15, 0.2) is 0 Å². The van der Waals surface area contributed by atoms with Crippen LogP contribution in [-0.2, 0) is 10.2 Å². The Morgan fingerprint density at radius 2 is 2.15 bits per heavy atom. The van der Waals surface area contributed by atoms with Crippen LogP contribution in [0.5, 0.6) is 0 Å². The lowest BCUT2D eigenvalue weighted by Crippen LogP contribution is -2.39. The van der Waals surface area contributed by atoms with E-state index in [1.807, 2.05) is 0 Å². The van der Waals surface area contributed by atoms with Crippen LogP contribution in [0, 0.1) is 5.92 Å². The Kier molecular flexibility index (Phi) is 5.16. The second-order valence-corrected chi connectivity index (χ2v) is 6.14. The minimum atomic E-state index is -0.123. The first-order valence-corrected chi connectivity index (χ1v) is 7.72. The molecule has 5 heteroatoms. The molecule has 20 heavy (non-hydrogen) atoms. The summed E-state index contributed by atoms with van der Waals surface area (Å²) < 4.78 is 11.0. The summed E-state index contributed by atoms with van der Waals surface area (Å²) in [4.78, 5) is 4.61. The summed E-state index contributed by atoms with van der Waals surface area (Å²) in [6.07, 6.45) is 6.30. The van der Waals surface area contributed by atoms with Crippen molar-refractivity contribution in [3.05, 3.63) is 11.7 Å². The van der Waals surface area contributed by atoms with Crippen LogP contribution in [0.4, 0.5) is 0 Å². The highest BCUT2D eigenvalue weighted by Gasteiger charge is 2.40. The van der Waals surface area contributed by atoms with Gasteiger partial charge in [-0.25, -0.2) is 0 Å². The summed E-state index contributed by atoms with van der Waals surface area (Å²) in [5.41, 5.74) is 5.91. The second kappa shape index (κ2) is 6.68. The van der Waals surface area contributed by atoms with Crippen LogP contribution in [-0.4, -0.2) is 23.8 Å². The smallest absolute Gasteiger partial charge is 0.234 e. The molecule has 114 valence electrons. The van der Waals surface area contributed by atoms with Crippen LogP contribution in [0.3, 0.4) is 0 Å². The van der Waals surface area contributed by atoms with Crippen molar-refractivity contribution in [1.82, 2.24) is 10.1 Å². The van der Waals surface area contributed by atoms with Gasteiger partial charge in [0.25, 0.3) is 0 Å². The molecule has 1 unspecified atom stereocenters. The van der Waals surface area contributed by atoms with Crippen LogP contribution in [0.1, 0.15) is 70.2 Å². The zero-order chi connectivity index (χ0) is 14.6. The van der Waals surface area contributed by atoms with Crippen LogP contribution >= 0.6 is 0 Å². The number of rotatable bonds is 6. The van der Waals surface area contributed by atoms with Gasteiger partial charge in [-0.1, -0.05) is 25.4 Å². The number of aromatic nitrogens is 2. The van der Waals surface area contributed by atoms with E-state index in [-0.39, 0.29) is 11.5 Å². The van der Waals surface area contributed by atoms with Gasteiger partial charge in [0, 0.05) is 13.7 Å². The van der Waals surface area contributed by atoms with Crippen LogP contribution in [0.2, 0.25) is 0 Å². The Labute approximate surface area is 121 Å². The normalized spacial score (nSPS) is 28.5. The van der Waals surface area contributed by atoms with Crippen molar-refractivity contribution < 1.29 is 9.26 Å². The third-order valence-corrected chi connectivity index (χ3v) is 4.64. The van der Waals surface area contributed by atoms with Gasteiger partial charge in [-0.3, -0.25) is 0 Å². The number of hydrogen-bond acceptors (Lipinski definition) is 5. The molecule has 2 N–H and O–H groups in total. The Morgan fingerprint density at radius 3 is 2.70 bits per heavy atom. The van der Waals surface area contributed by atoms with Gasteiger partial charge >= 0.3 is 0 Å². The Balaban J connectivity index is 2.17. The lowest BCUT2D eigenvalue weighted by Gasteiger charge is -2.35. The number of hydrogen-bond donors (Lipinski definition) is 1. The maximum absolute atomic E-state index is 6.03. The van der Waals surface area contributed by atoms with Crippen LogP contribution in [0.25, 0.3) is 0 Å². The number of methoxy groups -OCH3 is 1. The van der Waals surface area contributed by atoms with Crippen LogP contribution < -0.4 is 5.73 Å². The molecule has 1 saturated carbocycles. The van der Waals surface area contributed by atoms with E-state index < -0.39 is 0 Å². The standard InChI is InChI=1S/C15H27N3O2/c1-4-5-12(19-3)13-17-14(20-18-13)15(10-16)8-6-11(2)7-9-15/h11-12H,4-10,16H2,1-3H3. The van der Waals surface area contributed by atoms with E-state index in [0.717, 1.165) is 31.6 Å². The summed E-state index contributed by atoms with van der Waals surface area (Å²) >= 11 is 0. The average molecular weight is 281 g/mol. The van der Waals surface area contributed by atoms with E-state index in [4.69, 9.17) is 15.0 Å². The molecule has 0 saturated heterocycles. The summed E-state index contributed by atoms with van der Waals surface area (Å²) in [7, 11) is 1.69. The highest BCUT2D eigenvalue weighted by atomic mass is 16.5. The molecule has 0 aromatic carbocycles. The van der Waals surface area contributed by atoms with Gasteiger partial charge < -0.3 is 15.0 Å². The molecule has 0 aliphatic heterocycles. The topological polar surface area (TPSA) is 74.2 Å². The maximum atomic E-state index is 6.03. The lowest BCUT2D eigenvalue weighted by molar-refractivity contribution is 0.0854. The molecule has 1 aliphatic carbocycles. The number of nitrogens with two attached hydrogens (primary N) is 1. The molecule has 0 bridgehead atoms. The van der Waals surface area contributed by atoms with Crippen molar-refractivity contribution in [2.75, 3.05) is 13.7 Å². The van der Waals surface area contributed by atoms with Gasteiger partial charge in [0.05, 0.1) is 5.41 Å². The Hall–Kier alpha value is -0.940. The third kappa shape index (κ3) is 3.04. The molecule has 0 spiro atoms. The van der Waals surface area contributed by atoms with Crippen molar-refractivity contribution in [3.63, 3.8) is 0 Å². The predicted octanol–water partition coefficient (Wildman–Crippen LogP) is 2.96. The second-order valence-electron chi connectivity index (χ2n) is 6.14. The molecule has 0 amide bonds. The molecular weight excluding hydrogens is 254 g/mol. The molecule has 1 aromatic rings. The first-order valence-electron chi connectivity index (χ1n) is 7.72. The van der Waals surface area contributed by atoms with E-state index in [0.29, 0.717) is 18.3 Å². The minimum absolute atomic E-state index is 0.0742. The maximum Gasteiger partial charge on any atom is 0.234 e. The van der Waals surface area contributed by atoms with Crippen molar-refractivity contribution in [2.45, 2.75) is 63.9 Å². The van der Waals surface area contributed by atoms with E-state index in [9.17, 15) is 0 Å². The van der Waals surface area contributed by atoms with Gasteiger partial charge in [-0.15, -0.1) is 0 Å². The number of nitrogens with zero attached hydrogens (tertiary/aromatic N) is 2. The summed E-state index contributed by atoms with van der Waals surface area (Å²) in [6, 6.07) is 0. The molecule has 1 heterocycles. The van der Waals surface area contributed by atoms with Crippen LogP contribution in [0.15, 0.2) is 4.52 Å². The largest absolute Gasteiger partial charge is 0.373 e. The SMILES string of the molecule is CCCC(OC)c1noc(C2(CN)CCC(C)CC2)n1. The monoisotopic (exact) mass is 281 g/mol. The first kappa shape index (κ1) is 15.4. The average Bonchev–Trinajstić information content (AvgIpc) is 2.96. The Bertz CT molecular complexity index is 411. The van der Waals surface area contributed by atoms with E-state index in [1.165, 1.54) is 12.8 Å². The predicted molar refractivity (Wildman–Crippen MR) is 77.3 cm³/mol.